The van der Waals surface area contributed by atoms with E-state index >= 15 is 0 Å². The van der Waals surface area contributed by atoms with Crippen LogP contribution < -0.4 is 10.1 Å². The molecule has 0 amide bonds. The van der Waals surface area contributed by atoms with Crippen LogP contribution in [-0.2, 0) is 0 Å². The van der Waals surface area contributed by atoms with Crippen LogP contribution in [0.2, 0.25) is 10.0 Å². The number of halogens is 2. The van der Waals surface area contributed by atoms with Crippen molar-refractivity contribution >= 4 is 23.2 Å². The molecule has 1 aromatic rings. The summed E-state index contributed by atoms with van der Waals surface area (Å²) in [4.78, 5) is 0. The summed E-state index contributed by atoms with van der Waals surface area (Å²) >= 11 is 11.9. The number of aliphatic hydroxyl groups is 1. The zero-order valence-electron chi connectivity index (χ0n) is 14.1. The number of aliphatic hydroxyl groups excluding tert-OH is 1. The molecule has 1 aromatic carbocycles. The molecular weight excluding hydrogens is 321 g/mol. The fraction of sp³-hybridized carbons (Fsp3) is 0.647. The van der Waals surface area contributed by atoms with Gasteiger partial charge in [0.15, 0.2) is 0 Å². The second-order valence-electron chi connectivity index (χ2n) is 7.71. The zero-order chi connectivity index (χ0) is 17.0. The number of hydrogen-bond acceptors (Lipinski definition) is 2. The number of hydrogen-bond donors (Lipinski definition) is 2. The molecule has 22 heavy (non-hydrogen) atoms. The Labute approximate surface area is 144 Å². The first-order valence-corrected chi connectivity index (χ1v) is 8.34. The van der Waals surface area contributed by atoms with E-state index in [4.69, 9.17) is 27.9 Å². The molecule has 0 aliphatic rings. The summed E-state index contributed by atoms with van der Waals surface area (Å²) in [5, 5.41) is 13.3. The highest BCUT2D eigenvalue weighted by atomic mass is 35.5. The topological polar surface area (TPSA) is 46.1 Å². The third-order valence-corrected chi connectivity index (χ3v) is 3.78. The first-order valence-electron chi connectivity index (χ1n) is 7.59. The molecule has 0 saturated heterocycles. The molecule has 0 aliphatic carbocycles. The largest absolute Gasteiger partial charge is 0.489 e. The average molecular weight is 349 g/mol. The van der Waals surface area contributed by atoms with Crippen molar-refractivity contribution in [2.45, 2.75) is 52.7 Å². The van der Waals surface area contributed by atoms with Crippen molar-refractivity contribution in [1.29, 1.82) is 0 Å². The van der Waals surface area contributed by atoms with Gasteiger partial charge in [-0.2, -0.15) is 0 Å². The molecule has 0 spiro atoms. The van der Waals surface area contributed by atoms with Gasteiger partial charge in [0.25, 0.3) is 0 Å². The van der Waals surface area contributed by atoms with Crippen molar-refractivity contribution in [2.24, 2.45) is 5.41 Å². The van der Waals surface area contributed by atoms with E-state index in [2.05, 4.69) is 39.9 Å². The molecule has 3 N–H and O–H groups in total. The number of ether oxygens (including phenoxy) is 1. The Hall–Kier alpha value is -0.480. The molecule has 126 valence electrons. The van der Waals surface area contributed by atoms with Crippen molar-refractivity contribution in [2.75, 3.05) is 13.2 Å². The Morgan fingerprint density at radius 2 is 1.82 bits per heavy atom. The van der Waals surface area contributed by atoms with Crippen molar-refractivity contribution in [3.05, 3.63) is 28.2 Å². The summed E-state index contributed by atoms with van der Waals surface area (Å²) in [6.07, 6.45) is 0.516. The van der Waals surface area contributed by atoms with Crippen molar-refractivity contribution in [3.63, 3.8) is 0 Å². The Morgan fingerprint density at radius 1 is 1.18 bits per heavy atom. The van der Waals surface area contributed by atoms with Gasteiger partial charge < -0.3 is 15.2 Å². The number of nitrogens with two attached hydrogens (primary N) is 1. The van der Waals surface area contributed by atoms with Gasteiger partial charge in [-0.3, -0.25) is 0 Å². The summed E-state index contributed by atoms with van der Waals surface area (Å²) in [5.41, 5.74) is 0.343. The van der Waals surface area contributed by atoms with Gasteiger partial charge in [0, 0.05) is 11.4 Å². The molecule has 3 nitrogen and oxygen atoms in total. The molecule has 0 saturated carbocycles. The van der Waals surface area contributed by atoms with E-state index in [0.717, 1.165) is 6.42 Å². The number of benzene rings is 1. The van der Waals surface area contributed by atoms with E-state index < -0.39 is 6.10 Å². The Balaban J connectivity index is 2.42. The molecule has 1 rings (SSSR count). The Morgan fingerprint density at radius 3 is 2.36 bits per heavy atom. The summed E-state index contributed by atoms with van der Waals surface area (Å²) in [6.45, 7) is 11.9. The molecule has 0 aromatic heterocycles. The minimum absolute atomic E-state index is 0.0805. The van der Waals surface area contributed by atoms with Crippen LogP contribution in [0.1, 0.15) is 41.0 Å². The molecule has 0 bridgehead atoms. The summed E-state index contributed by atoms with van der Waals surface area (Å²) in [6, 6.07) is 5.06. The minimum Gasteiger partial charge on any atom is -0.489 e. The SMILES string of the molecule is CC(C)(C)CC(C)(C)[NH2+]C[C@@H](O)COc1ccc(Cl)cc1Cl. The summed E-state index contributed by atoms with van der Waals surface area (Å²) in [7, 11) is 0. The minimum atomic E-state index is -0.550. The first kappa shape index (κ1) is 19.6. The van der Waals surface area contributed by atoms with E-state index in [1.54, 1.807) is 18.2 Å². The second kappa shape index (κ2) is 7.87. The normalized spacial score (nSPS) is 14.0. The van der Waals surface area contributed by atoms with Gasteiger partial charge in [-0.15, -0.1) is 0 Å². The predicted octanol–water partition coefficient (Wildman–Crippen LogP) is 3.51. The highest BCUT2D eigenvalue weighted by Crippen LogP contribution is 2.27. The van der Waals surface area contributed by atoms with Crippen molar-refractivity contribution in [3.8, 4) is 5.75 Å². The first-order chi connectivity index (χ1) is 9.98. The lowest BCUT2D eigenvalue weighted by Gasteiger charge is -2.31. The quantitative estimate of drug-likeness (QED) is 0.791. The lowest BCUT2D eigenvalue weighted by Crippen LogP contribution is -2.97. The Bertz CT molecular complexity index is 484. The molecule has 5 heteroatoms. The van der Waals surface area contributed by atoms with Gasteiger partial charge in [-0.25, -0.2) is 0 Å². The summed E-state index contributed by atoms with van der Waals surface area (Å²) < 4.78 is 5.56. The van der Waals surface area contributed by atoms with Gasteiger partial charge >= 0.3 is 0 Å². The zero-order valence-corrected chi connectivity index (χ0v) is 15.6. The number of quaternary nitrogens is 1. The van der Waals surface area contributed by atoms with Crippen LogP contribution in [-0.4, -0.2) is 29.9 Å². The lowest BCUT2D eigenvalue weighted by atomic mass is 9.82. The van der Waals surface area contributed by atoms with Gasteiger partial charge in [0.05, 0.1) is 10.6 Å². The smallest absolute Gasteiger partial charge is 0.138 e. The third-order valence-electron chi connectivity index (χ3n) is 3.25. The highest BCUT2D eigenvalue weighted by Gasteiger charge is 2.29. The fourth-order valence-electron chi connectivity index (χ4n) is 2.74. The maximum absolute atomic E-state index is 10.1. The third kappa shape index (κ3) is 7.68. The maximum atomic E-state index is 10.1. The Kier molecular flexibility index (Phi) is 7.00. The van der Waals surface area contributed by atoms with E-state index in [0.29, 0.717) is 22.3 Å². The highest BCUT2D eigenvalue weighted by molar-refractivity contribution is 6.35. The molecular formula is C17H28Cl2NO2+. The molecule has 0 heterocycles. The standard InChI is InChI=1S/C17H27Cl2NO2/c1-16(2,3)11-17(4,5)20-9-13(21)10-22-15-7-6-12(18)8-14(15)19/h6-8,13,20-21H,9-11H2,1-5H3/p+1/t13-/m1/s1. The van der Waals surface area contributed by atoms with Crippen LogP contribution in [0.5, 0.6) is 5.75 Å². The van der Waals surface area contributed by atoms with E-state index in [-0.39, 0.29) is 17.6 Å². The molecule has 0 fully saturated rings. The van der Waals surface area contributed by atoms with Gasteiger partial charge in [0.2, 0.25) is 0 Å². The fourth-order valence-corrected chi connectivity index (χ4v) is 3.20. The van der Waals surface area contributed by atoms with Crippen molar-refractivity contribution in [1.82, 2.24) is 0 Å². The van der Waals surface area contributed by atoms with E-state index in [9.17, 15) is 5.11 Å². The number of rotatable bonds is 7. The van der Waals surface area contributed by atoms with Crippen LogP contribution in [0.15, 0.2) is 18.2 Å². The molecule has 0 unspecified atom stereocenters. The molecule has 0 aliphatic heterocycles. The molecule has 1 atom stereocenters. The van der Waals surface area contributed by atoms with Crippen LogP contribution in [0.3, 0.4) is 0 Å². The monoisotopic (exact) mass is 348 g/mol. The van der Waals surface area contributed by atoms with Crippen molar-refractivity contribution < 1.29 is 15.2 Å². The predicted molar refractivity (Wildman–Crippen MR) is 92.9 cm³/mol. The van der Waals surface area contributed by atoms with E-state index in [1.165, 1.54) is 0 Å². The second-order valence-corrected chi connectivity index (χ2v) is 8.55. The average Bonchev–Trinajstić information content (AvgIpc) is 2.32. The van der Waals surface area contributed by atoms with Gasteiger partial charge in [-0.05, 0) is 37.5 Å². The maximum Gasteiger partial charge on any atom is 0.138 e. The summed E-state index contributed by atoms with van der Waals surface area (Å²) in [5.74, 6) is 0.541. The van der Waals surface area contributed by atoms with Crippen LogP contribution >= 0.6 is 23.2 Å². The van der Waals surface area contributed by atoms with Crippen LogP contribution in [0.4, 0.5) is 0 Å². The van der Waals surface area contributed by atoms with Crippen LogP contribution in [0, 0.1) is 5.41 Å². The molecule has 0 radical (unpaired) electrons. The van der Waals surface area contributed by atoms with Gasteiger partial charge in [-0.1, -0.05) is 44.0 Å². The lowest BCUT2D eigenvalue weighted by molar-refractivity contribution is -0.727. The van der Waals surface area contributed by atoms with Crippen LogP contribution in [0.25, 0.3) is 0 Å². The van der Waals surface area contributed by atoms with E-state index in [1.807, 2.05) is 0 Å². The van der Waals surface area contributed by atoms with Gasteiger partial charge in [0.1, 0.15) is 25.0 Å².